The fraction of sp³-hybridized carbons (Fsp3) is 0.189. The molecule has 0 aliphatic heterocycles. The zero-order valence-corrected chi connectivity index (χ0v) is 27.1. The van der Waals surface area contributed by atoms with Gasteiger partial charge in [-0.3, -0.25) is 9.71 Å². The van der Waals surface area contributed by atoms with Gasteiger partial charge in [0.2, 0.25) is 10.0 Å². The van der Waals surface area contributed by atoms with E-state index in [2.05, 4.69) is 20.7 Å². The first-order valence-electron chi connectivity index (χ1n) is 15.1. The Kier molecular flexibility index (Phi) is 10.7. The summed E-state index contributed by atoms with van der Waals surface area (Å²) in [6.45, 7) is 4.74. The normalized spacial score (nSPS) is 11.0. The average molecular weight is 649 g/mol. The molecule has 0 saturated heterocycles. The molecule has 0 spiro atoms. The number of aliphatic hydroxyl groups excluding tert-OH is 1. The van der Waals surface area contributed by atoms with Crippen molar-refractivity contribution in [1.29, 1.82) is 5.26 Å². The van der Waals surface area contributed by atoms with Gasteiger partial charge in [0.05, 0.1) is 29.7 Å². The number of sulfonamides is 1. The molecule has 0 amide bonds. The third-order valence-electron chi connectivity index (χ3n) is 7.53. The summed E-state index contributed by atoms with van der Waals surface area (Å²) in [7, 11) is -3.45. The number of rotatable bonds is 14. The number of nitrogens with one attached hydrogen (secondary N) is 1. The van der Waals surface area contributed by atoms with Crippen LogP contribution in [0.4, 0.5) is 11.4 Å². The first-order valence-corrected chi connectivity index (χ1v) is 16.8. The molecule has 2 N–H and O–H groups in total. The van der Waals surface area contributed by atoms with Crippen molar-refractivity contribution >= 4 is 21.4 Å². The standard InChI is InChI=1S/C37H36N4O5S/c1-3-47(43,44)40-36-7-4-8-37(27(36)2)41(23-29-11-9-28(21-38)10-12-29)24-30-13-15-33(16-14-30)46-35-19-32(25-42)18-34(20-35)45-26-31-6-5-17-39-22-31/h4-20,22,40,42H,3,23-26H2,1-2H3. The van der Waals surface area contributed by atoms with Crippen molar-refractivity contribution in [3.05, 3.63) is 143 Å². The molecule has 0 unspecified atom stereocenters. The minimum absolute atomic E-state index is 0.0237. The Labute approximate surface area is 275 Å². The van der Waals surface area contributed by atoms with Gasteiger partial charge in [-0.2, -0.15) is 5.26 Å². The number of pyridine rings is 1. The van der Waals surface area contributed by atoms with Gasteiger partial charge >= 0.3 is 0 Å². The molecule has 0 saturated carbocycles. The molecule has 5 rings (SSSR count). The monoisotopic (exact) mass is 648 g/mol. The highest BCUT2D eigenvalue weighted by molar-refractivity contribution is 7.92. The van der Waals surface area contributed by atoms with Gasteiger partial charge in [0.15, 0.2) is 0 Å². The van der Waals surface area contributed by atoms with E-state index < -0.39 is 10.0 Å². The Balaban J connectivity index is 1.36. The van der Waals surface area contributed by atoms with Crippen LogP contribution in [0.15, 0.2) is 109 Å². The summed E-state index contributed by atoms with van der Waals surface area (Å²) in [5.74, 6) is 1.71. The average Bonchev–Trinajstić information content (AvgIpc) is 3.09. The van der Waals surface area contributed by atoms with Crippen molar-refractivity contribution in [1.82, 2.24) is 4.98 Å². The molecule has 0 bridgehead atoms. The van der Waals surface area contributed by atoms with Gasteiger partial charge in [0.25, 0.3) is 0 Å². The highest BCUT2D eigenvalue weighted by Crippen LogP contribution is 2.32. The zero-order chi connectivity index (χ0) is 33.2. The van der Waals surface area contributed by atoms with Crippen LogP contribution in [-0.2, 0) is 36.3 Å². The third-order valence-corrected chi connectivity index (χ3v) is 8.82. The molecule has 5 aromatic rings. The first-order chi connectivity index (χ1) is 22.7. The minimum atomic E-state index is -3.45. The number of hydrogen-bond acceptors (Lipinski definition) is 8. The highest BCUT2D eigenvalue weighted by atomic mass is 32.2. The van der Waals surface area contributed by atoms with Crippen LogP contribution >= 0.6 is 0 Å². The van der Waals surface area contributed by atoms with Crippen molar-refractivity contribution in [2.24, 2.45) is 0 Å². The Morgan fingerprint density at radius 2 is 1.55 bits per heavy atom. The third kappa shape index (κ3) is 9.10. The molecule has 240 valence electrons. The van der Waals surface area contributed by atoms with Gasteiger partial charge < -0.3 is 19.5 Å². The van der Waals surface area contributed by atoms with E-state index in [1.807, 2.05) is 67.6 Å². The van der Waals surface area contributed by atoms with Crippen molar-refractivity contribution in [3.63, 3.8) is 0 Å². The smallest absolute Gasteiger partial charge is 0.232 e. The number of nitrogens with zero attached hydrogens (tertiary/aromatic N) is 3. The van der Waals surface area contributed by atoms with E-state index in [0.717, 1.165) is 27.9 Å². The van der Waals surface area contributed by atoms with Crippen LogP contribution in [0.1, 0.15) is 40.3 Å². The van der Waals surface area contributed by atoms with Crippen LogP contribution in [0.2, 0.25) is 0 Å². The minimum Gasteiger partial charge on any atom is -0.489 e. The highest BCUT2D eigenvalue weighted by Gasteiger charge is 2.16. The molecule has 10 heteroatoms. The maximum Gasteiger partial charge on any atom is 0.232 e. The molecule has 0 fully saturated rings. The molecule has 4 aromatic carbocycles. The van der Waals surface area contributed by atoms with Gasteiger partial charge in [0.1, 0.15) is 23.9 Å². The predicted molar refractivity (Wildman–Crippen MR) is 183 cm³/mol. The second kappa shape index (κ2) is 15.3. The van der Waals surface area contributed by atoms with E-state index in [4.69, 9.17) is 9.47 Å². The SMILES string of the molecule is CCS(=O)(=O)Nc1cccc(N(Cc2ccc(C#N)cc2)Cc2ccc(Oc3cc(CO)cc(OCc4cccnc4)c3)cc2)c1C. The van der Waals surface area contributed by atoms with Gasteiger partial charge in [-0.05, 0) is 90.7 Å². The largest absolute Gasteiger partial charge is 0.489 e. The van der Waals surface area contributed by atoms with Crippen LogP contribution in [0, 0.1) is 18.3 Å². The zero-order valence-electron chi connectivity index (χ0n) is 26.3. The predicted octanol–water partition coefficient (Wildman–Crippen LogP) is 7.09. The molecule has 1 heterocycles. The summed E-state index contributed by atoms with van der Waals surface area (Å²) in [5.41, 5.74) is 6.42. The first kappa shape index (κ1) is 33.0. The number of nitriles is 1. The topological polar surface area (TPSA) is 125 Å². The van der Waals surface area contributed by atoms with E-state index in [1.54, 1.807) is 55.7 Å². The maximum absolute atomic E-state index is 12.4. The Morgan fingerprint density at radius 3 is 2.19 bits per heavy atom. The number of hydrogen-bond donors (Lipinski definition) is 2. The lowest BCUT2D eigenvalue weighted by Crippen LogP contribution is -2.24. The van der Waals surface area contributed by atoms with Crippen LogP contribution in [0.3, 0.4) is 0 Å². The van der Waals surface area contributed by atoms with E-state index in [0.29, 0.717) is 53.8 Å². The van der Waals surface area contributed by atoms with E-state index in [-0.39, 0.29) is 12.4 Å². The van der Waals surface area contributed by atoms with Crippen molar-refractivity contribution in [3.8, 4) is 23.3 Å². The Hall–Kier alpha value is -5.37. The fourth-order valence-corrected chi connectivity index (χ4v) is 5.68. The van der Waals surface area contributed by atoms with Crippen LogP contribution in [0.5, 0.6) is 17.2 Å². The van der Waals surface area contributed by atoms with Crippen LogP contribution in [-0.4, -0.2) is 24.3 Å². The number of aromatic nitrogens is 1. The second-order valence-corrected chi connectivity index (χ2v) is 13.0. The van der Waals surface area contributed by atoms with Crippen LogP contribution in [0.25, 0.3) is 0 Å². The quantitative estimate of drug-likeness (QED) is 0.131. The maximum atomic E-state index is 12.4. The molecule has 47 heavy (non-hydrogen) atoms. The summed E-state index contributed by atoms with van der Waals surface area (Å²) in [4.78, 5) is 6.29. The summed E-state index contributed by atoms with van der Waals surface area (Å²) in [6, 6.07) is 32.0. The lowest BCUT2D eigenvalue weighted by molar-refractivity contribution is 0.276. The fourth-order valence-electron chi connectivity index (χ4n) is 4.98. The summed E-state index contributed by atoms with van der Waals surface area (Å²) >= 11 is 0. The Bertz CT molecular complexity index is 1940. The summed E-state index contributed by atoms with van der Waals surface area (Å²) < 4.78 is 39.5. The van der Waals surface area contributed by atoms with Gasteiger partial charge in [-0.15, -0.1) is 0 Å². The molecular formula is C37H36N4O5S. The number of anilines is 2. The second-order valence-electron chi connectivity index (χ2n) is 11.0. The molecule has 0 aliphatic rings. The lowest BCUT2D eigenvalue weighted by Gasteiger charge is -2.28. The van der Waals surface area contributed by atoms with Gasteiger partial charge in [-0.1, -0.05) is 36.4 Å². The molecule has 0 atom stereocenters. The number of aliphatic hydroxyl groups is 1. The van der Waals surface area contributed by atoms with Gasteiger partial charge in [-0.25, -0.2) is 8.42 Å². The number of benzene rings is 4. The lowest BCUT2D eigenvalue weighted by atomic mass is 10.1. The summed E-state index contributed by atoms with van der Waals surface area (Å²) in [5, 5.41) is 19.1. The molecular weight excluding hydrogens is 612 g/mol. The summed E-state index contributed by atoms with van der Waals surface area (Å²) in [6.07, 6.45) is 3.45. The molecule has 1 aromatic heterocycles. The molecule has 0 aliphatic carbocycles. The van der Waals surface area contributed by atoms with Crippen molar-refractivity contribution < 1.29 is 23.0 Å². The van der Waals surface area contributed by atoms with Gasteiger partial charge in [0, 0.05) is 42.8 Å². The van der Waals surface area contributed by atoms with Crippen molar-refractivity contribution in [2.45, 2.75) is 40.2 Å². The van der Waals surface area contributed by atoms with E-state index in [1.165, 1.54) is 0 Å². The van der Waals surface area contributed by atoms with Crippen LogP contribution < -0.4 is 19.1 Å². The van der Waals surface area contributed by atoms with E-state index >= 15 is 0 Å². The number of ether oxygens (including phenoxy) is 2. The Morgan fingerprint density at radius 1 is 0.851 bits per heavy atom. The molecule has 9 nitrogen and oxygen atoms in total. The van der Waals surface area contributed by atoms with E-state index in [9.17, 15) is 18.8 Å². The molecule has 0 radical (unpaired) electrons. The van der Waals surface area contributed by atoms with Crippen molar-refractivity contribution in [2.75, 3.05) is 15.4 Å².